The standard InChI is InChI=1S/C44H69N3O34/c1-11(51)45-19-27(22(54)16(8-48)73-37(19)70-5)77-41-32(59)43(67,6-14(71-41)34(61)62)81-39-21(47-13(3)53)29(24(56)18(10-50)75-39)78-42-33(60)44(68,7-15(72-42)35(63)64)80-38-20(46-12(2)52)28(23(55)17(9-49)74-38)76-40-26(58)25(57)30(69-4)31(79-40)36(65)66/h14-33,37-42,48-50,54-60,67-68H,6-10H2,1-5H3,(H,45,51)(H,46,52)(H,47,53)(H,61,62)(H,63,64)(H,65,66)/t14?,15?,16?,17?,18?,19?,20?,21?,22-,23-,24-,25+,26?,27+,28+,29+,30+,31?,32?,33?,37+,38-,39-,40+,41-,42-,43-,44-/m0/s1. The Morgan fingerprint density at radius 1 is 0.444 bits per heavy atom. The average molecular weight is 1180 g/mol. The lowest BCUT2D eigenvalue weighted by molar-refractivity contribution is -0.429. The molecule has 81 heavy (non-hydrogen) atoms. The second kappa shape index (κ2) is 27.2. The fourth-order valence-corrected chi connectivity index (χ4v) is 10.0. The maximum atomic E-state index is 12.9. The Kier molecular flexibility index (Phi) is 22.2. The number of rotatable bonds is 21. The first-order chi connectivity index (χ1) is 38.0. The third kappa shape index (κ3) is 14.3. The molecule has 6 aliphatic heterocycles. The summed E-state index contributed by atoms with van der Waals surface area (Å²) in [5.74, 6) is -14.9. The Bertz CT molecular complexity index is 2190. The van der Waals surface area contributed by atoms with Gasteiger partial charge in [-0.3, -0.25) is 14.4 Å². The highest BCUT2D eigenvalue weighted by molar-refractivity contribution is 5.75. The van der Waals surface area contributed by atoms with Crippen molar-refractivity contribution in [2.75, 3.05) is 34.0 Å². The van der Waals surface area contributed by atoms with Crippen LogP contribution in [0.15, 0.2) is 0 Å². The van der Waals surface area contributed by atoms with Crippen molar-refractivity contribution in [1.82, 2.24) is 16.0 Å². The normalized spacial score (nSPS) is 45.7. The van der Waals surface area contributed by atoms with E-state index in [1.54, 1.807) is 0 Å². The molecule has 6 fully saturated rings. The van der Waals surface area contributed by atoms with E-state index >= 15 is 0 Å². The number of carboxylic acid groups (broad SMARTS) is 3. The summed E-state index contributed by atoms with van der Waals surface area (Å²) in [4.78, 5) is 75.2. The number of nitrogens with one attached hydrogen (secondary N) is 3. The van der Waals surface area contributed by atoms with Crippen LogP contribution in [0.2, 0.25) is 0 Å². The summed E-state index contributed by atoms with van der Waals surface area (Å²) < 4.78 is 72.5. The highest BCUT2D eigenvalue weighted by Gasteiger charge is 2.62. The first-order valence-corrected chi connectivity index (χ1v) is 24.8. The van der Waals surface area contributed by atoms with E-state index in [1.165, 1.54) is 0 Å². The first kappa shape index (κ1) is 66.0. The molecule has 37 heteroatoms. The Hall–Kier alpha value is -4.18. The number of aliphatic carboxylic acids is 3. The molecule has 464 valence electrons. The Labute approximate surface area is 456 Å². The molecule has 6 aliphatic rings. The van der Waals surface area contributed by atoms with Crippen LogP contribution in [0.3, 0.4) is 0 Å². The van der Waals surface area contributed by atoms with Crippen LogP contribution in [-0.4, -0.2) is 317 Å². The monoisotopic (exact) mass is 1180 g/mol. The molecule has 0 radical (unpaired) electrons. The predicted molar refractivity (Wildman–Crippen MR) is 245 cm³/mol. The largest absolute Gasteiger partial charge is 0.479 e. The van der Waals surface area contributed by atoms with Crippen molar-refractivity contribution in [3.8, 4) is 0 Å². The van der Waals surface area contributed by atoms with Crippen LogP contribution >= 0.6 is 0 Å². The second-order valence-corrected chi connectivity index (χ2v) is 19.7. The Balaban J connectivity index is 1.32. The van der Waals surface area contributed by atoms with Crippen molar-refractivity contribution < 1.29 is 167 Å². The Morgan fingerprint density at radius 3 is 1.10 bits per heavy atom. The molecule has 6 rings (SSSR count). The van der Waals surface area contributed by atoms with Gasteiger partial charge in [-0.05, 0) is 0 Å². The second-order valence-electron chi connectivity index (χ2n) is 19.7. The van der Waals surface area contributed by atoms with E-state index in [9.17, 15) is 105 Å². The zero-order chi connectivity index (χ0) is 60.3. The average Bonchev–Trinajstić information content (AvgIpc) is 3.49. The zero-order valence-corrected chi connectivity index (χ0v) is 43.5. The number of ether oxygens (including phenoxy) is 13. The minimum atomic E-state index is -3.37. The number of amides is 3. The maximum Gasteiger partial charge on any atom is 0.335 e. The molecule has 12 unspecified atom stereocenters. The molecule has 37 nitrogen and oxygen atoms in total. The molecule has 0 aromatic rings. The lowest BCUT2D eigenvalue weighted by Gasteiger charge is -2.52. The van der Waals surface area contributed by atoms with E-state index in [-0.39, 0.29) is 0 Å². The van der Waals surface area contributed by atoms with Gasteiger partial charge in [0.15, 0.2) is 68.3 Å². The van der Waals surface area contributed by atoms with E-state index in [0.29, 0.717) is 0 Å². The number of methoxy groups -OCH3 is 2. The lowest BCUT2D eigenvalue weighted by atomic mass is 9.93. The molecule has 6 saturated heterocycles. The number of hydrogen-bond donors (Lipinski definition) is 18. The minimum Gasteiger partial charge on any atom is -0.479 e. The van der Waals surface area contributed by atoms with Crippen LogP contribution in [-0.2, 0) is 90.3 Å². The fourth-order valence-electron chi connectivity index (χ4n) is 10.0. The van der Waals surface area contributed by atoms with Crippen molar-refractivity contribution in [3.63, 3.8) is 0 Å². The number of aliphatic hydroxyl groups is 12. The van der Waals surface area contributed by atoms with Crippen LogP contribution < -0.4 is 16.0 Å². The van der Waals surface area contributed by atoms with Gasteiger partial charge in [0.05, 0.1) is 19.8 Å². The summed E-state index contributed by atoms with van der Waals surface area (Å²) in [5.41, 5.74) is 0. The smallest absolute Gasteiger partial charge is 0.335 e. The van der Waals surface area contributed by atoms with Crippen LogP contribution in [0.5, 0.6) is 0 Å². The maximum absolute atomic E-state index is 12.9. The number of hydrogen-bond acceptors (Lipinski definition) is 31. The van der Waals surface area contributed by atoms with E-state index < -0.39 is 239 Å². The SMILES string of the molecule is CO[C@@H]1OC(CO)[C@H](O)[C@H](O[C@@H]2OC(C(=O)O)C[C@](O)(O[C@@H]3OC(CO)[C@H](O)[C@H](O[C@@H]4OC(C(=O)O)C[C@](O)(O[C@@H]5OC(CO)[C@H](O)[C@H](O[C@@H]6OC(C(=O)O)[C@H](OC)[C@H](O)C6O)C5NC(C)=O)C4O)C3NC(C)=O)C2O)C1NC(C)=O. The number of carbonyl (C=O) groups excluding carboxylic acids is 3. The van der Waals surface area contributed by atoms with Gasteiger partial charge in [-0.1, -0.05) is 0 Å². The quantitative estimate of drug-likeness (QED) is 0.0475. The molecule has 0 aromatic heterocycles. The number of carboxylic acids is 3. The third-order valence-corrected chi connectivity index (χ3v) is 14.0. The molecule has 6 heterocycles. The van der Waals surface area contributed by atoms with Crippen LogP contribution in [0.1, 0.15) is 33.6 Å². The van der Waals surface area contributed by atoms with E-state index in [0.717, 1.165) is 35.0 Å². The van der Waals surface area contributed by atoms with Crippen molar-refractivity contribution >= 4 is 35.6 Å². The Morgan fingerprint density at radius 2 is 0.790 bits per heavy atom. The molecule has 28 atom stereocenters. The van der Waals surface area contributed by atoms with Crippen molar-refractivity contribution in [3.05, 3.63) is 0 Å². The summed E-state index contributed by atoms with van der Waals surface area (Å²) in [6.45, 7) is -0.372. The van der Waals surface area contributed by atoms with Crippen molar-refractivity contribution in [2.24, 2.45) is 0 Å². The van der Waals surface area contributed by atoms with E-state index in [2.05, 4.69) is 16.0 Å². The summed E-state index contributed by atoms with van der Waals surface area (Å²) in [5, 5.41) is 172. The molecule has 0 aromatic carbocycles. The molecule has 0 aliphatic carbocycles. The van der Waals surface area contributed by atoms with Gasteiger partial charge in [-0.2, -0.15) is 0 Å². The molecular formula is C44H69N3O34. The summed E-state index contributed by atoms with van der Waals surface area (Å²) in [7, 11) is 2.11. The topological polar surface area (TPSA) is 562 Å². The van der Waals surface area contributed by atoms with Crippen LogP contribution in [0.25, 0.3) is 0 Å². The predicted octanol–water partition coefficient (Wildman–Crippen LogP) is -11.4. The van der Waals surface area contributed by atoms with Gasteiger partial charge in [0.25, 0.3) is 0 Å². The van der Waals surface area contributed by atoms with E-state index in [1.807, 2.05) is 0 Å². The van der Waals surface area contributed by atoms with E-state index in [4.69, 9.17) is 61.6 Å². The zero-order valence-electron chi connectivity index (χ0n) is 43.5. The van der Waals surface area contributed by atoms with Gasteiger partial charge in [-0.15, -0.1) is 0 Å². The summed E-state index contributed by atoms with van der Waals surface area (Å²) in [6, 6.07) is -5.58. The first-order valence-electron chi connectivity index (χ1n) is 24.8. The van der Waals surface area contributed by atoms with Gasteiger partial charge in [-0.25, -0.2) is 14.4 Å². The molecular weight excluding hydrogens is 1110 g/mol. The minimum absolute atomic E-state index is 0.748. The third-order valence-electron chi connectivity index (χ3n) is 14.0. The van der Waals surface area contributed by atoms with Gasteiger partial charge in [0.2, 0.25) is 29.3 Å². The summed E-state index contributed by atoms with van der Waals surface area (Å²) in [6.07, 6.45) is -51.2. The van der Waals surface area contributed by atoms with Gasteiger partial charge >= 0.3 is 17.9 Å². The van der Waals surface area contributed by atoms with Crippen molar-refractivity contribution in [2.45, 2.75) is 205 Å². The number of carbonyl (C=O) groups is 6. The van der Waals surface area contributed by atoms with Crippen molar-refractivity contribution in [1.29, 1.82) is 0 Å². The van der Waals surface area contributed by atoms with Gasteiger partial charge in [0.1, 0.15) is 91.4 Å². The highest BCUT2D eigenvalue weighted by Crippen LogP contribution is 2.41. The molecule has 0 spiro atoms. The van der Waals surface area contributed by atoms with Gasteiger partial charge in [0, 0.05) is 47.8 Å². The van der Waals surface area contributed by atoms with Crippen LogP contribution in [0, 0.1) is 0 Å². The molecule has 0 saturated carbocycles. The highest BCUT2D eigenvalue weighted by atomic mass is 16.8. The van der Waals surface area contributed by atoms with Crippen LogP contribution in [0.4, 0.5) is 0 Å². The lowest BCUT2D eigenvalue weighted by Crippen LogP contribution is -2.72. The molecule has 18 N–H and O–H groups in total. The molecule has 3 amide bonds. The molecule has 0 bridgehead atoms. The fraction of sp³-hybridized carbons (Fsp3) is 0.864. The number of aliphatic hydroxyl groups excluding tert-OH is 10. The van der Waals surface area contributed by atoms with Gasteiger partial charge < -0.3 is 154 Å². The summed E-state index contributed by atoms with van der Waals surface area (Å²) >= 11 is 0.